The molecule has 4 amide bonds. The lowest BCUT2D eigenvalue weighted by atomic mass is 10.1. The van der Waals surface area contributed by atoms with Gasteiger partial charge in [-0.05, 0) is 148 Å². The lowest BCUT2D eigenvalue weighted by Gasteiger charge is -2.32. The van der Waals surface area contributed by atoms with Crippen molar-refractivity contribution in [2.45, 2.75) is 135 Å². The third-order valence-electron chi connectivity index (χ3n) is 11.8. The molecule has 8 atom stereocenters. The zero-order chi connectivity index (χ0) is 48.4. The molecule has 2 aliphatic heterocycles. The number of carbonyl (C=O) groups is 4. The van der Waals surface area contributed by atoms with Crippen molar-refractivity contribution in [3.05, 3.63) is 60.7 Å². The van der Waals surface area contributed by atoms with Crippen molar-refractivity contribution in [3.63, 3.8) is 0 Å². The number of aromatic nitrogens is 8. The van der Waals surface area contributed by atoms with Gasteiger partial charge in [0, 0.05) is 22.9 Å². The Morgan fingerprint density at radius 1 is 0.647 bits per heavy atom. The average Bonchev–Trinajstić information content (AvgIpc) is 4.20. The average molecular weight is 969 g/mol. The van der Waals surface area contributed by atoms with Gasteiger partial charge in [0.2, 0.25) is 33.9 Å². The van der Waals surface area contributed by atoms with Crippen molar-refractivity contribution in [2.24, 2.45) is 0 Å². The minimum atomic E-state index is -0.993. The summed E-state index contributed by atoms with van der Waals surface area (Å²) >= 11 is 2.88. The van der Waals surface area contributed by atoms with Crippen LogP contribution in [-0.2, 0) is 41.7 Å². The van der Waals surface area contributed by atoms with Crippen LogP contribution >= 0.6 is 23.5 Å². The molecule has 22 heteroatoms. The van der Waals surface area contributed by atoms with E-state index in [4.69, 9.17) is 9.47 Å². The largest absolute Gasteiger partial charge is 0.363 e. The van der Waals surface area contributed by atoms with Gasteiger partial charge in [-0.3, -0.25) is 19.2 Å². The SMILES string of the molecule is CN[C@@H](C)C(=O)N[C@H](C(=O)N1CCC[C@H]1Cn1nnnc1Sc1ccccc1)[C@H](C)OCC#CC#CCO[C@@H](C)[C@H](NC(=O)[C@H](C)NC)C(=O)N1CCC[C@H]1Cn1nnnc1Sc1ccccc1. The number of nitrogens with one attached hydrogen (secondary N) is 4. The molecule has 0 radical (unpaired) electrons. The Hall–Kier alpha value is -5.88. The Morgan fingerprint density at radius 2 is 1.04 bits per heavy atom. The molecule has 4 aromatic rings. The molecule has 0 aliphatic carbocycles. The maximum absolute atomic E-state index is 14.2. The zero-order valence-electron chi connectivity index (χ0n) is 39.2. The molecule has 68 heavy (non-hydrogen) atoms. The van der Waals surface area contributed by atoms with Gasteiger partial charge in [-0.2, -0.15) is 0 Å². The molecular formula is C46H60N14O6S2. The highest BCUT2D eigenvalue weighted by atomic mass is 32.2. The van der Waals surface area contributed by atoms with Crippen LogP contribution in [0.25, 0.3) is 0 Å². The monoisotopic (exact) mass is 968 g/mol. The van der Waals surface area contributed by atoms with E-state index < -0.39 is 36.4 Å². The van der Waals surface area contributed by atoms with Crippen molar-refractivity contribution in [1.82, 2.24) is 71.5 Å². The fourth-order valence-corrected chi connectivity index (χ4v) is 9.22. The summed E-state index contributed by atoms with van der Waals surface area (Å²) < 4.78 is 15.5. The van der Waals surface area contributed by atoms with Gasteiger partial charge in [0.25, 0.3) is 0 Å². The van der Waals surface area contributed by atoms with Crippen LogP contribution in [0.1, 0.15) is 53.4 Å². The summed E-state index contributed by atoms with van der Waals surface area (Å²) in [7, 11) is 3.34. The molecule has 2 saturated heterocycles. The number of nitrogens with zero attached hydrogens (tertiary/aromatic N) is 10. The highest BCUT2D eigenvalue weighted by Gasteiger charge is 2.39. The van der Waals surface area contributed by atoms with Gasteiger partial charge in [-0.15, -0.1) is 10.2 Å². The van der Waals surface area contributed by atoms with Crippen LogP contribution in [0, 0.1) is 23.7 Å². The van der Waals surface area contributed by atoms with E-state index in [1.54, 1.807) is 61.0 Å². The first-order valence-electron chi connectivity index (χ1n) is 22.7. The van der Waals surface area contributed by atoms with Crippen LogP contribution in [0.15, 0.2) is 80.8 Å². The Kier molecular flexibility index (Phi) is 19.7. The molecule has 0 spiro atoms. The number of likely N-dealkylation sites (N-methyl/N-ethyl adjacent to an activating group) is 2. The van der Waals surface area contributed by atoms with Crippen LogP contribution in [0.2, 0.25) is 0 Å². The summed E-state index contributed by atoms with van der Waals surface area (Å²) in [5.41, 5.74) is 0. The zero-order valence-corrected chi connectivity index (χ0v) is 40.8. The van der Waals surface area contributed by atoms with Crippen LogP contribution in [-0.4, -0.2) is 163 Å². The number of ether oxygens (including phenoxy) is 2. The molecular weight excluding hydrogens is 909 g/mol. The van der Waals surface area contributed by atoms with E-state index in [0.717, 1.165) is 35.5 Å². The number of carbonyl (C=O) groups excluding carboxylic acids is 4. The van der Waals surface area contributed by atoms with Crippen molar-refractivity contribution < 1.29 is 28.7 Å². The molecule has 4 N–H and O–H groups in total. The second-order valence-corrected chi connectivity index (χ2v) is 18.5. The number of benzene rings is 2. The van der Waals surface area contributed by atoms with Crippen molar-refractivity contribution in [1.29, 1.82) is 0 Å². The van der Waals surface area contributed by atoms with Gasteiger partial charge in [-0.1, -0.05) is 48.2 Å². The number of tetrazole rings is 2. The maximum atomic E-state index is 14.2. The van der Waals surface area contributed by atoms with Crippen molar-refractivity contribution >= 4 is 47.2 Å². The number of rotatable bonds is 22. The van der Waals surface area contributed by atoms with Gasteiger partial charge in [0.05, 0.1) is 49.5 Å². The summed E-state index contributed by atoms with van der Waals surface area (Å²) in [4.78, 5) is 60.3. The minimum absolute atomic E-state index is 0.0667. The second kappa shape index (κ2) is 26.0. The highest BCUT2D eigenvalue weighted by molar-refractivity contribution is 7.99. The van der Waals surface area contributed by atoms with Gasteiger partial charge in [0.1, 0.15) is 25.3 Å². The van der Waals surface area contributed by atoms with Crippen LogP contribution in [0.3, 0.4) is 0 Å². The van der Waals surface area contributed by atoms with Gasteiger partial charge < -0.3 is 40.5 Å². The van der Waals surface area contributed by atoms with Crippen LogP contribution in [0.4, 0.5) is 0 Å². The Morgan fingerprint density at radius 3 is 1.43 bits per heavy atom. The molecule has 362 valence electrons. The van der Waals surface area contributed by atoms with E-state index >= 15 is 0 Å². The van der Waals surface area contributed by atoms with Crippen LogP contribution < -0.4 is 21.3 Å². The Labute approximate surface area is 405 Å². The topological polar surface area (TPSA) is 229 Å². The third-order valence-corrected chi connectivity index (χ3v) is 13.8. The van der Waals surface area contributed by atoms with Crippen molar-refractivity contribution in [3.8, 4) is 23.7 Å². The molecule has 6 rings (SSSR count). The summed E-state index contributed by atoms with van der Waals surface area (Å²) in [5.74, 6) is 10.00. The van der Waals surface area contributed by atoms with Gasteiger partial charge >= 0.3 is 0 Å². The van der Waals surface area contributed by atoms with E-state index in [1.165, 1.54) is 23.5 Å². The van der Waals surface area contributed by atoms with Gasteiger partial charge in [-0.25, -0.2) is 9.36 Å². The number of hydrogen-bond acceptors (Lipinski definition) is 16. The molecule has 0 bridgehead atoms. The third kappa shape index (κ3) is 14.3. The minimum Gasteiger partial charge on any atom is -0.363 e. The predicted octanol–water partition coefficient (Wildman–Crippen LogP) is 1.65. The van der Waals surface area contributed by atoms with E-state index in [0.29, 0.717) is 36.5 Å². The lowest BCUT2D eigenvalue weighted by molar-refractivity contribution is -0.142. The first-order valence-corrected chi connectivity index (χ1v) is 24.3. The number of likely N-dealkylation sites (tertiary alicyclic amines) is 2. The standard InChI is InChI=1S/C46H60N14O6S2/c1-31(47-5)41(61)49-39(43(63)57-25-17-19-35(57)29-59-45(51-53-55-59)67-37-21-11-9-12-22-37)33(3)65-27-15-7-8-16-28-66-34(4)40(50-42(62)32(2)48-6)44(64)58-26-18-20-36(58)30-60-46(52-54-56-60)68-38-23-13-10-14-24-38/h9-14,21-24,31-36,39-40,47-48H,17-20,25-30H2,1-6H3,(H,49,61)(H,50,62)/t31-,32-,33-,34-,35-,36-,39-,40-/m0/s1. The summed E-state index contributed by atoms with van der Waals surface area (Å²) in [6, 6.07) is 16.1. The smallest absolute Gasteiger partial charge is 0.248 e. The maximum Gasteiger partial charge on any atom is 0.248 e. The first-order chi connectivity index (χ1) is 33.0. The molecule has 2 aromatic carbocycles. The lowest BCUT2D eigenvalue weighted by Crippen LogP contribution is -2.58. The van der Waals surface area contributed by atoms with Crippen LogP contribution in [0.5, 0.6) is 0 Å². The van der Waals surface area contributed by atoms with E-state index in [1.807, 2.05) is 60.7 Å². The summed E-state index contributed by atoms with van der Waals surface area (Å²) in [6.07, 6.45) is 1.58. The summed E-state index contributed by atoms with van der Waals surface area (Å²) in [5, 5.41) is 37.5. The fourth-order valence-electron chi connectivity index (χ4n) is 7.62. The molecule has 4 heterocycles. The molecule has 2 aliphatic rings. The highest BCUT2D eigenvalue weighted by Crippen LogP contribution is 2.29. The molecule has 2 aromatic heterocycles. The Balaban J connectivity index is 1.04. The van der Waals surface area contributed by atoms with E-state index in [-0.39, 0.29) is 48.9 Å². The van der Waals surface area contributed by atoms with E-state index in [2.05, 4.69) is 76.0 Å². The molecule has 0 unspecified atom stereocenters. The predicted molar refractivity (Wildman–Crippen MR) is 254 cm³/mol. The number of amides is 4. The normalized spacial score (nSPS) is 18.3. The van der Waals surface area contributed by atoms with E-state index in [9.17, 15) is 19.2 Å². The molecule has 20 nitrogen and oxygen atoms in total. The fraction of sp³-hybridized carbons (Fsp3) is 0.522. The van der Waals surface area contributed by atoms with Gasteiger partial charge in [0.15, 0.2) is 0 Å². The Bertz CT molecular complexity index is 2240. The first kappa shape index (κ1) is 51.5. The second-order valence-electron chi connectivity index (χ2n) is 16.4. The molecule has 0 saturated carbocycles. The number of hydrogen-bond donors (Lipinski definition) is 4. The quantitative estimate of drug-likeness (QED) is 0.0822. The molecule has 2 fully saturated rings. The van der Waals surface area contributed by atoms with Crippen molar-refractivity contribution in [2.75, 3.05) is 40.4 Å². The summed E-state index contributed by atoms with van der Waals surface area (Å²) in [6.45, 7) is 8.54.